The minimum atomic E-state index is -0.932. The topological polar surface area (TPSA) is 87.1 Å². The number of aliphatic hydroxyl groups excluding tert-OH is 1. The van der Waals surface area contributed by atoms with E-state index in [0.29, 0.717) is 13.0 Å². The van der Waals surface area contributed by atoms with Crippen molar-refractivity contribution in [2.75, 3.05) is 20.2 Å². The second kappa shape index (κ2) is 7.38. The molecule has 6 heteroatoms. The molecule has 1 aromatic carbocycles. The van der Waals surface area contributed by atoms with Crippen LogP contribution in [0, 0.1) is 11.8 Å². The van der Waals surface area contributed by atoms with Gasteiger partial charge >= 0.3 is 5.97 Å². The molecular weight excluding hydrogens is 286 g/mol. The molecule has 3 atom stereocenters. The van der Waals surface area contributed by atoms with Gasteiger partial charge in [-0.3, -0.25) is 9.59 Å². The van der Waals surface area contributed by atoms with Gasteiger partial charge in [0, 0.05) is 13.6 Å². The molecule has 1 aliphatic carbocycles. The molecule has 1 aromatic rings. The first kappa shape index (κ1) is 16.5. The van der Waals surface area contributed by atoms with Crippen molar-refractivity contribution in [3.8, 4) is 0 Å². The van der Waals surface area contributed by atoms with Gasteiger partial charge in [-0.1, -0.05) is 30.3 Å². The van der Waals surface area contributed by atoms with Crippen molar-refractivity contribution >= 4 is 11.9 Å². The molecular formula is C16H21NO5. The highest BCUT2D eigenvalue weighted by molar-refractivity contribution is 5.89. The second-order valence-electron chi connectivity index (χ2n) is 5.66. The number of carbonyl (C=O) groups is 2. The summed E-state index contributed by atoms with van der Waals surface area (Å²) in [7, 11) is 1.57. The van der Waals surface area contributed by atoms with Crippen molar-refractivity contribution in [1.82, 2.24) is 4.90 Å². The van der Waals surface area contributed by atoms with Crippen molar-refractivity contribution in [2.45, 2.75) is 19.1 Å². The van der Waals surface area contributed by atoms with Gasteiger partial charge in [0.25, 0.3) is 0 Å². The number of rotatable bonds is 8. The summed E-state index contributed by atoms with van der Waals surface area (Å²) in [5.74, 6) is -2.17. The van der Waals surface area contributed by atoms with Crippen LogP contribution in [-0.2, 0) is 20.9 Å². The smallest absolute Gasteiger partial charge is 0.307 e. The Labute approximate surface area is 129 Å². The zero-order valence-corrected chi connectivity index (χ0v) is 12.5. The number of carboxylic acid groups (broad SMARTS) is 1. The number of aliphatic carboxylic acids is 1. The summed E-state index contributed by atoms with van der Waals surface area (Å²) in [4.78, 5) is 24.1. The second-order valence-corrected chi connectivity index (χ2v) is 5.66. The highest BCUT2D eigenvalue weighted by atomic mass is 16.5. The average Bonchev–Trinajstić information content (AvgIpc) is 3.28. The highest BCUT2D eigenvalue weighted by Gasteiger charge is 2.49. The fraction of sp³-hybridized carbons (Fsp3) is 0.500. The Kier molecular flexibility index (Phi) is 5.51. The van der Waals surface area contributed by atoms with E-state index >= 15 is 0 Å². The molecule has 120 valence electrons. The summed E-state index contributed by atoms with van der Waals surface area (Å²) in [6.07, 6.45) is -0.404. The maximum absolute atomic E-state index is 12.0. The summed E-state index contributed by atoms with van der Waals surface area (Å²) in [5, 5.41) is 18.7. The Morgan fingerprint density at radius 2 is 2.00 bits per heavy atom. The van der Waals surface area contributed by atoms with Crippen LogP contribution >= 0.6 is 0 Å². The Morgan fingerprint density at radius 3 is 2.59 bits per heavy atom. The van der Waals surface area contributed by atoms with E-state index in [1.54, 1.807) is 7.05 Å². The van der Waals surface area contributed by atoms with Crippen molar-refractivity contribution in [3.05, 3.63) is 35.9 Å². The maximum Gasteiger partial charge on any atom is 0.307 e. The number of likely N-dealkylation sites (N-methyl/N-ethyl adjacent to an activating group) is 1. The van der Waals surface area contributed by atoms with Crippen LogP contribution in [0.1, 0.15) is 12.0 Å². The van der Waals surface area contributed by atoms with Crippen LogP contribution in [0.4, 0.5) is 0 Å². The first-order chi connectivity index (χ1) is 10.5. The van der Waals surface area contributed by atoms with Gasteiger partial charge in [-0.25, -0.2) is 0 Å². The molecule has 1 fully saturated rings. The lowest BCUT2D eigenvalue weighted by Crippen LogP contribution is -2.37. The fourth-order valence-corrected chi connectivity index (χ4v) is 2.37. The largest absolute Gasteiger partial charge is 0.481 e. The number of nitrogens with zero attached hydrogens (tertiary/aromatic N) is 1. The number of aliphatic hydroxyl groups is 1. The number of carboxylic acids is 1. The molecule has 0 aliphatic heterocycles. The van der Waals surface area contributed by atoms with E-state index in [9.17, 15) is 14.7 Å². The van der Waals surface area contributed by atoms with Gasteiger partial charge in [-0.15, -0.1) is 0 Å². The SMILES string of the molecule is CN(C[C@H](O)COCc1ccccc1)C(=O)[C@@H]1C[C@@H]1C(=O)O. The van der Waals surface area contributed by atoms with Crippen LogP contribution in [0.2, 0.25) is 0 Å². The summed E-state index contributed by atoms with van der Waals surface area (Å²) >= 11 is 0. The third-order valence-electron chi connectivity index (χ3n) is 3.71. The van der Waals surface area contributed by atoms with E-state index in [2.05, 4.69) is 0 Å². The quantitative estimate of drug-likeness (QED) is 0.740. The molecule has 0 heterocycles. The lowest BCUT2D eigenvalue weighted by atomic mass is 10.2. The first-order valence-corrected chi connectivity index (χ1v) is 7.26. The van der Waals surface area contributed by atoms with Gasteiger partial charge in [0.05, 0.1) is 31.2 Å². The lowest BCUT2D eigenvalue weighted by molar-refractivity contribution is -0.142. The zero-order chi connectivity index (χ0) is 16.1. The van der Waals surface area contributed by atoms with Crippen LogP contribution in [-0.4, -0.2) is 53.3 Å². The van der Waals surface area contributed by atoms with Crippen LogP contribution in [0.25, 0.3) is 0 Å². The van der Waals surface area contributed by atoms with Crippen LogP contribution in [0.3, 0.4) is 0 Å². The van der Waals surface area contributed by atoms with Crippen LogP contribution < -0.4 is 0 Å². The van der Waals surface area contributed by atoms with Gasteiger partial charge in [0.1, 0.15) is 0 Å². The molecule has 0 unspecified atom stereocenters. The molecule has 1 saturated carbocycles. The summed E-state index contributed by atoms with van der Waals surface area (Å²) in [6.45, 7) is 0.662. The van der Waals surface area contributed by atoms with Gasteiger partial charge < -0.3 is 19.8 Å². The summed E-state index contributed by atoms with van der Waals surface area (Å²) in [5.41, 5.74) is 1.02. The van der Waals surface area contributed by atoms with Crippen LogP contribution in [0.5, 0.6) is 0 Å². The number of hydrogen-bond acceptors (Lipinski definition) is 4. The molecule has 0 spiro atoms. The molecule has 22 heavy (non-hydrogen) atoms. The van der Waals surface area contributed by atoms with E-state index in [4.69, 9.17) is 9.84 Å². The molecule has 2 N–H and O–H groups in total. The zero-order valence-electron chi connectivity index (χ0n) is 12.5. The van der Waals surface area contributed by atoms with Gasteiger partial charge in [0.15, 0.2) is 0 Å². The van der Waals surface area contributed by atoms with Crippen molar-refractivity contribution in [3.63, 3.8) is 0 Å². The van der Waals surface area contributed by atoms with Crippen LogP contribution in [0.15, 0.2) is 30.3 Å². The molecule has 1 aliphatic rings. The Balaban J connectivity index is 1.67. The number of benzene rings is 1. The summed E-state index contributed by atoms with van der Waals surface area (Å²) < 4.78 is 5.42. The Hall–Kier alpha value is -1.92. The number of amides is 1. The normalized spacial score (nSPS) is 21.2. The first-order valence-electron chi connectivity index (χ1n) is 7.26. The Bertz CT molecular complexity index is 519. The monoisotopic (exact) mass is 307 g/mol. The minimum absolute atomic E-state index is 0.125. The van der Waals surface area contributed by atoms with E-state index in [-0.39, 0.29) is 19.1 Å². The lowest BCUT2D eigenvalue weighted by Gasteiger charge is -2.21. The predicted molar refractivity (Wildman–Crippen MR) is 79.0 cm³/mol. The molecule has 0 aromatic heterocycles. The van der Waals surface area contributed by atoms with Gasteiger partial charge in [-0.2, -0.15) is 0 Å². The van der Waals surface area contributed by atoms with E-state index in [1.807, 2.05) is 30.3 Å². The molecule has 1 amide bonds. The minimum Gasteiger partial charge on any atom is -0.481 e. The molecule has 2 rings (SSSR count). The molecule has 0 saturated heterocycles. The van der Waals surface area contributed by atoms with E-state index in [0.717, 1.165) is 5.56 Å². The summed E-state index contributed by atoms with van der Waals surface area (Å²) in [6, 6.07) is 9.61. The number of carbonyl (C=O) groups excluding carboxylic acids is 1. The fourth-order valence-electron chi connectivity index (χ4n) is 2.37. The third-order valence-corrected chi connectivity index (χ3v) is 3.71. The maximum atomic E-state index is 12.0. The Morgan fingerprint density at radius 1 is 1.32 bits per heavy atom. The predicted octanol–water partition coefficient (Wildman–Crippen LogP) is 0.743. The number of ether oxygens (including phenoxy) is 1. The molecule has 6 nitrogen and oxygen atoms in total. The molecule has 0 radical (unpaired) electrons. The highest BCUT2D eigenvalue weighted by Crippen LogP contribution is 2.39. The van der Waals surface area contributed by atoms with Crippen molar-refractivity contribution in [2.24, 2.45) is 11.8 Å². The van der Waals surface area contributed by atoms with Gasteiger partial charge in [-0.05, 0) is 12.0 Å². The standard InChI is InChI=1S/C16H21NO5/c1-17(15(19)13-7-14(13)16(20)21)8-12(18)10-22-9-11-5-3-2-4-6-11/h2-6,12-14,18H,7-10H2,1H3,(H,20,21)/t12-,13+,14-/m0/s1. The third kappa shape index (κ3) is 4.54. The van der Waals surface area contributed by atoms with Crippen molar-refractivity contribution in [1.29, 1.82) is 0 Å². The van der Waals surface area contributed by atoms with Crippen molar-refractivity contribution < 1.29 is 24.5 Å². The molecule has 0 bridgehead atoms. The van der Waals surface area contributed by atoms with Gasteiger partial charge in [0.2, 0.25) is 5.91 Å². The average molecular weight is 307 g/mol. The van der Waals surface area contributed by atoms with E-state index in [1.165, 1.54) is 4.90 Å². The number of hydrogen-bond donors (Lipinski definition) is 2. The van der Waals surface area contributed by atoms with E-state index < -0.39 is 23.9 Å².